The van der Waals surface area contributed by atoms with Gasteiger partial charge in [0.25, 0.3) is 5.56 Å². The lowest BCUT2D eigenvalue weighted by Gasteiger charge is -2.17. The number of aryl methyl sites for hydroxylation is 1. The van der Waals surface area contributed by atoms with E-state index < -0.39 is 0 Å². The number of unbranched alkanes of at least 4 members (excludes halogenated alkanes) is 1. The van der Waals surface area contributed by atoms with E-state index in [-0.39, 0.29) is 12.2 Å². The lowest BCUT2D eigenvalue weighted by Crippen LogP contribution is -2.31. The zero-order chi connectivity index (χ0) is 25.3. The number of ether oxygens (including phenoxy) is 1. The Kier molecular flexibility index (Phi) is 8.44. The summed E-state index contributed by atoms with van der Waals surface area (Å²) in [6.07, 6.45) is 3.12. The third-order valence-corrected chi connectivity index (χ3v) is 6.32. The predicted molar refractivity (Wildman–Crippen MR) is 143 cm³/mol. The van der Waals surface area contributed by atoms with Gasteiger partial charge in [0, 0.05) is 19.1 Å². The van der Waals surface area contributed by atoms with Crippen molar-refractivity contribution < 1.29 is 4.74 Å². The van der Waals surface area contributed by atoms with Gasteiger partial charge in [0.15, 0.2) is 0 Å². The summed E-state index contributed by atoms with van der Waals surface area (Å²) in [5, 5.41) is 9.86. The highest BCUT2D eigenvalue weighted by Gasteiger charge is 2.18. The van der Waals surface area contributed by atoms with E-state index in [9.17, 15) is 10.1 Å². The van der Waals surface area contributed by atoms with E-state index >= 15 is 0 Å². The van der Waals surface area contributed by atoms with Gasteiger partial charge in [-0.1, -0.05) is 86.1 Å². The van der Waals surface area contributed by atoms with Gasteiger partial charge in [-0.05, 0) is 41.2 Å². The summed E-state index contributed by atoms with van der Waals surface area (Å²) in [6, 6.07) is 28.0. The monoisotopic (exact) mass is 477 g/mol. The summed E-state index contributed by atoms with van der Waals surface area (Å²) in [5.41, 5.74) is 5.92. The first-order valence-electron chi connectivity index (χ1n) is 12.4. The van der Waals surface area contributed by atoms with Crippen molar-refractivity contribution in [3.8, 4) is 17.2 Å². The minimum atomic E-state index is -0.0438. The van der Waals surface area contributed by atoms with Crippen LogP contribution in [0.1, 0.15) is 53.5 Å². The molecule has 3 aromatic carbocycles. The average Bonchev–Trinajstić information content (AvgIpc) is 2.92. The van der Waals surface area contributed by atoms with E-state index in [1.54, 1.807) is 11.7 Å². The first-order chi connectivity index (χ1) is 17.6. The highest BCUT2D eigenvalue weighted by atomic mass is 16.5. The molecule has 0 amide bonds. The van der Waals surface area contributed by atoms with E-state index in [2.05, 4.69) is 13.0 Å². The van der Waals surface area contributed by atoms with E-state index in [0.29, 0.717) is 29.9 Å². The van der Waals surface area contributed by atoms with E-state index in [4.69, 9.17) is 9.72 Å². The van der Waals surface area contributed by atoms with Crippen molar-refractivity contribution in [1.29, 1.82) is 5.26 Å². The van der Waals surface area contributed by atoms with Crippen LogP contribution in [0.15, 0.2) is 83.7 Å². The van der Waals surface area contributed by atoms with Crippen molar-refractivity contribution in [2.75, 3.05) is 7.11 Å². The van der Waals surface area contributed by atoms with Crippen LogP contribution < -0.4 is 5.56 Å². The van der Waals surface area contributed by atoms with Crippen LogP contribution in [0, 0.1) is 11.3 Å². The number of hydrogen-bond donors (Lipinski definition) is 0. The molecule has 0 saturated heterocycles. The van der Waals surface area contributed by atoms with Crippen LogP contribution in [-0.4, -0.2) is 16.7 Å². The van der Waals surface area contributed by atoms with Crippen molar-refractivity contribution in [3.63, 3.8) is 0 Å². The second kappa shape index (κ2) is 12.1. The van der Waals surface area contributed by atoms with Crippen LogP contribution in [0.5, 0.6) is 0 Å². The predicted octanol–water partition coefficient (Wildman–Crippen LogP) is 5.91. The lowest BCUT2D eigenvalue weighted by molar-refractivity contribution is 0.172. The summed E-state index contributed by atoms with van der Waals surface area (Å²) in [7, 11) is 1.62. The van der Waals surface area contributed by atoms with Gasteiger partial charge in [0.1, 0.15) is 12.4 Å². The summed E-state index contributed by atoms with van der Waals surface area (Å²) in [5.74, 6) is 0.637. The average molecular weight is 478 g/mol. The van der Waals surface area contributed by atoms with Crippen molar-refractivity contribution >= 4 is 0 Å². The first-order valence-corrected chi connectivity index (χ1v) is 12.4. The maximum Gasteiger partial charge on any atom is 0.257 e. The fraction of sp³-hybridized carbons (Fsp3) is 0.258. The fourth-order valence-electron chi connectivity index (χ4n) is 4.45. The molecule has 36 heavy (non-hydrogen) atoms. The molecule has 0 N–H and O–H groups in total. The minimum absolute atomic E-state index is 0.0438. The smallest absolute Gasteiger partial charge is 0.257 e. The van der Waals surface area contributed by atoms with Crippen LogP contribution in [0.3, 0.4) is 0 Å². The maximum absolute atomic E-state index is 13.9. The number of benzene rings is 3. The Morgan fingerprint density at radius 2 is 1.69 bits per heavy atom. The number of nitrogens with zero attached hydrogens (tertiary/aromatic N) is 3. The number of methoxy groups -OCH3 is 1. The molecule has 0 unspecified atom stereocenters. The number of nitriles is 1. The molecule has 0 aliphatic carbocycles. The zero-order valence-electron chi connectivity index (χ0n) is 20.9. The molecule has 5 nitrogen and oxygen atoms in total. The molecule has 0 bridgehead atoms. The van der Waals surface area contributed by atoms with Gasteiger partial charge in [-0.3, -0.25) is 9.36 Å². The Labute approximate surface area is 212 Å². The number of hydrogen-bond acceptors (Lipinski definition) is 4. The van der Waals surface area contributed by atoms with Gasteiger partial charge in [0.2, 0.25) is 0 Å². The molecule has 4 rings (SSSR count). The highest BCUT2D eigenvalue weighted by molar-refractivity contribution is 5.71. The first kappa shape index (κ1) is 25.1. The molecule has 0 atom stereocenters. The third-order valence-electron chi connectivity index (χ3n) is 6.32. The molecule has 0 aliphatic heterocycles. The molecule has 0 aliphatic rings. The highest BCUT2D eigenvalue weighted by Crippen LogP contribution is 2.25. The van der Waals surface area contributed by atoms with Gasteiger partial charge in [0.05, 0.1) is 23.9 Å². The molecule has 182 valence electrons. The summed E-state index contributed by atoms with van der Waals surface area (Å²) >= 11 is 0. The van der Waals surface area contributed by atoms with Crippen molar-refractivity contribution in [3.05, 3.63) is 123 Å². The molecule has 1 aromatic heterocycles. The number of aromatic nitrogens is 2. The Hall–Kier alpha value is -4.01. The number of rotatable bonds is 10. The molecule has 0 spiro atoms. The quantitative estimate of drug-likeness (QED) is 0.285. The summed E-state index contributed by atoms with van der Waals surface area (Å²) in [6.45, 7) is 2.84. The normalized spacial score (nSPS) is 10.8. The molecule has 4 aromatic rings. The van der Waals surface area contributed by atoms with Crippen LogP contribution >= 0.6 is 0 Å². The van der Waals surface area contributed by atoms with Gasteiger partial charge < -0.3 is 4.74 Å². The van der Waals surface area contributed by atoms with Crippen molar-refractivity contribution in [2.24, 2.45) is 0 Å². The van der Waals surface area contributed by atoms with Crippen LogP contribution in [0.4, 0.5) is 0 Å². The zero-order valence-corrected chi connectivity index (χ0v) is 20.9. The van der Waals surface area contributed by atoms with Crippen molar-refractivity contribution in [1.82, 2.24) is 9.55 Å². The third kappa shape index (κ3) is 5.79. The second-order valence-corrected chi connectivity index (χ2v) is 8.90. The molecule has 0 radical (unpaired) electrons. The van der Waals surface area contributed by atoms with Crippen LogP contribution in [-0.2, 0) is 30.7 Å². The largest absolute Gasteiger partial charge is 0.377 e. The van der Waals surface area contributed by atoms with Gasteiger partial charge >= 0.3 is 0 Å². The fourth-order valence-corrected chi connectivity index (χ4v) is 4.45. The second-order valence-electron chi connectivity index (χ2n) is 8.90. The van der Waals surface area contributed by atoms with Gasteiger partial charge in [-0.2, -0.15) is 5.26 Å². The SMILES string of the molecule is CCCCc1nc(COC)n(Cc2ccccc2)c(=O)c1Cc1ccc(-c2ccccc2)c(C#N)c1. The topological polar surface area (TPSA) is 67.9 Å². The van der Waals surface area contributed by atoms with E-state index in [1.165, 1.54) is 0 Å². The lowest BCUT2D eigenvalue weighted by atomic mass is 9.95. The Balaban J connectivity index is 1.78. The molecule has 1 heterocycles. The Bertz CT molecular complexity index is 1400. The molecular formula is C31H31N3O2. The molecule has 0 fully saturated rings. The van der Waals surface area contributed by atoms with Crippen LogP contribution in [0.2, 0.25) is 0 Å². The summed E-state index contributed by atoms with van der Waals surface area (Å²) < 4.78 is 7.14. The van der Waals surface area contributed by atoms with Gasteiger partial charge in [-0.25, -0.2) is 4.98 Å². The molecule has 0 saturated carbocycles. The van der Waals surface area contributed by atoms with Crippen LogP contribution in [0.25, 0.3) is 11.1 Å². The Morgan fingerprint density at radius 3 is 2.36 bits per heavy atom. The molecular weight excluding hydrogens is 446 g/mol. The van der Waals surface area contributed by atoms with E-state index in [0.717, 1.165) is 47.2 Å². The minimum Gasteiger partial charge on any atom is -0.377 e. The standard InChI is InChI=1S/C31H31N3O2/c1-3-4-15-29-28(19-24-16-17-27(26(18-24)20-32)25-13-9-6-10-14-25)31(35)34(30(33-29)22-36-2)21-23-11-7-5-8-12-23/h5-14,16-18H,3-4,15,19,21-22H2,1-2H3. The maximum atomic E-state index is 13.9. The van der Waals surface area contributed by atoms with Gasteiger partial charge in [-0.15, -0.1) is 0 Å². The van der Waals surface area contributed by atoms with E-state index in [1.807, 2.05) is 78.9 Å². The Morgan fingerprint density at radius 1 is 0.972 bits per heavy atom. The summed E-state index contributed by atoms with van der Waals surface area (Å²) in [4.78, 5) is 18.8. The van der Waals surface area contributed by atoms with Crippen molar-refractivity contribution in [2.45, 2.75) is 45.8 Å². The molecule has 5 heteroatoms.